The number of methoxy groups -OCH3 is 1. The molecule has 5 heteroatoms. The molecule has 16 heavy (non-hydrogen) atoms. The molecule has 2 rings (SSSR count). The first-order valence-corrected chi connectivity index (χ1v) is 5.36. The largest absolute Gasteiger partial charge is 0.495 e. The molecule has 0 spiro atoms. The molecule has 2 N–H and O–H groups in total. The van der Waals surface area contributed by atoms with Crippen LogP contribution in [0.3, 0.4) is 0 Å². The number of benzene rings is 1. The predicted molar refractivity (Wildman–Crippen MR) is 63.2 cm³/mol. The predicted octanol–water partition coefficient (Wildman–Crippen LogP) is 2.27. The van der Waals surface area contributed by atoms with Crippen LogP contribution in [0.5, 0.6) is 5.75 Å². The van der Waals surface area contributed by atoms with Crippen molar-refractivity contribution in [2.45, 2.75) is 0 Å². The number of hydrogen-bond acceptors (Lipinski definition) is 5. The third kappa shape index (κ3) is 1.83. The van der Waals surface area contributed by atoms with Gasteiger partial charge in [-0.3, -0.25) is 0 Å². The second-order valence-corrected chi connectivity index (χ2v) is 4.15. The maximum atomic E-state index is 8.96. The van der Waals surface area contributed by atoms with Gasteiger partial charge in [-0.1, -0.05) is 11.3 Å². The number of nitrogen functional groups attached to an aromatic ring is 1. The lowest BCUT2D eigenvalue weighted by molar-refractivity contribution is 0.413. The van der Waals surface area contributed by atoms with E-state index in [1.54, 1.807) is 25.4 Å². The molecular weight excluding hydrogens is 222 g/mol. The third-order valence-corrected chi connectivity index (χ3v) is 3.00. The molecule has 4 nitrogen and oxygen atoms in total. The Morgan fingerprint density at radius 1 is 1.50 bits per heavy atom. The van der Waals surface area contributed by atoms with Crippen LogP contribution in [0.25, 0.3) is 10.4 Å². The van der Waals surface area contributed by atoms with Gasteiger partial charge in [0.05, 0.1) is 17.6 Å². The molecule has 80 valence electrons. The number of hydrogen-bond donors (Lipinski definition) is 1. The average Bonchev–Trinajstić information content (AvgIpc) is 2.75. The molecule has 1 heterocycles. The van der Waals surface area contributed by atoms with Crippen LogP contribution in [0, 0.1) is 11.3 Å². The van der Waals surface area contributed by atoms with E-state index in [9.17, 15) is 0 Å². The molecule has 0 unspecified atom stereocenters. The highest BCUT2D eigenvalue weighted by atomic mass is 32.1. The fraction of sp³-hybridized carbons (Fsp3) is 0.0909. The smallest absolute Gasteiger partial charge is 0.180 e. The number of nitrogens with zero attached hydrogens (tertiary/aromatic N) is 2. The van der Waals surface area contributed by atoms with Gasteiger partial charge in [0.15, 0.2) is 5.13 Å². The summed E-state index contributed by atoms with van der Waals surface area (Å²) in [6, 6.07) is 7.51. The zero-order chi connectivity index (χ0) is 11.5. The molecule has 2 aromatic rings. The fourth-order valence-corrected chi connectivity index (χ4v) is 2.05. The van der Waals surface area contributed by atoms with Crippen molar-refractivity contribution >= 4 is 16.5 Å². The Bertz CT molecular complexity index is 557. The number of nitriles is 1. The van der Waals surface area contributed by atoms with E-state index < -0.39 is 0 Å². The summed E-state index contributed by atoms with van der Waals surface area (Å²) in [7, 11) is 1.54. The van der Waals surface area contributed by atoms with E-state index in [1.165, 1.54) is 11.3 Å². The highest BCUT2D eigenvalue weighted by Crippen LogP contribution is 2.30. The number of nitrogens with two attached hydrogens (primary N) is 1. The molecule has 0 radical (unpaired) electrons. The molecule has 0 aliphatic heterocycles. The molecule has 0 aliphatic rings. The summed E-state index contributed by atoms with van der Waals surface area (Å²) in [6.45, 7) is 0. The van der Waals surface area contributed by atoms with Crippen LogP contribution >= 0.6 is 11.3 Å². The molecule has 0 saturated heterocycles. The lowest BCUT2D eigenvalue weighted by atomic mass is 10.1. The van der Waals surface area contributed by atoms with Gasteiger partial charge in [-0.05, 0) is 23.8 Å². The first-order chi connectivity index (χ1) is 7.74. The summed E-state index contributed by atoms with van der Waals surface area (Å²) in [6.07, 6.45) is 1.70. The van der Waals surface area contributed by atoms with Crippen LogP contribution in [0.2, 0.25) is 0 Å². The first kappa shape index (κ1) is 10.5. The van der Waals surface area contributed by atoms with Crippen molar-refractivity contribution in [1.82, 2.24) is 4.98 Å². The lowest BCUT2D eigenvalue weighted by Gasteiger charge is -2.03. The fourth-order valence-electron chi connectivity index (χ4n) is 1.37. The minimum atomic E-state index is 0.506. The normalized spacial score (nSPS) is 9.75. The van der Waals surface area contributed by atoms with Gasteiger partial charge in [0.1, 0.15) is 11.8 Å². The van der Waals surface area contributed by atoms with Crippen molar-refractivity contribution < 1.29 is 4.74 Å². The number of ether oxygens (including phenoxy) is 1. The standard InChI is InChI=1S/C11H9N3OS/c1-15-9-3-2-7(4-8(9)5-12)10-6-14-11(13)16-10/h2-4,6H,1H3,(H2,13,14). The Hall–Kier alpha value is -2.06. The molecule has 0 aliphatic carbocycles. The molecule has 0 saturated carbocycles. The second kappa shape index (κ2) is 4.21. The quantitative estimate of drug-likeness (QED) is 0.860. The van der Waals surface area contributed by atoms with Crippen LogP contribution < -0.4 is 10.5 Å². The zero-order valence-corrected chi connectivity index (χ0v) is 9.41. The van der Waals surface area contributed by atoms with E-state index in [0.29, 0.717) is 16.4 Å². The first-order valence-electron chi connectivity index (χ1n) is 4.54. The summed E-state index contributed by atoms with van der Waals surface area (Å²) in [5.41, 5.74) is 6.99. The molecule has 0 atom stereocenters. The number of anilines is 1. The maximum Gasteiger partial charge on any atom is 0.180 e. The van der Waals surface area contributed by atoms with Crippen molar-refractivity contribution in [3.63, 3.8) is 0 Å². The third-order valence-electron chi connectivity index (χ3n) is 2.13. The van der Waals surface area contributed by atoms with Crippen molar-refractivity contribution in [2.75, 3.05) is 12.8 Å². The highest BCUT2D eigenvalue weighted by molar-refractivity contribution is 7.18. The van der Waals surface area contributed by atoms with E-state index in [4.69, 9.17) is 15.7 Å². The van der Waals surface area contributed by atoms with Gasteiger partial charge < -0.3 is 10.5 Å². The maximum absolute atomic E-state index is 8.96. The molecule has 1 aromatic heterocycles. The van der Waals surface area contributed by atoms with Crippen LogP contribution in [0.15, 0.2) is 24.4 Å². The highest BCUT2D eigenvalue weighted by Gasteiger charge is 2.07. The summed E-state index contributed by atoms with van der Waals surface area (Å²) in [5.74, 6) is 0.573. The van der Waals surface area contributed by atoms with E-state index in [1.807, 2.05) is 6.07 Å². The van der Waals surface area contributed by atoms with E-state index in [2.05, 4.69) is 11.1 Å². The number of aromatic nitrogens is 1. The van der Waals surface area contributed by atoms with E-state index in [0.717, 1.165) is 10.4 Å². The summed E-state index contributed by atoms with van der Waals surface area (Å²) < 4.78 is 5.07. The van der Waals surface area contributed by atoms with Crippen LogP contribution in [0.1, 0.15) is 5.56 Å². The monoisotopic (exact) mass is 231 g/mol. The lowest BCUT2D eigenvalue weighted by Crippen LogP contribution is -1.87. The topological polar surface area (TPSA) is 71.9 Å². The summed E-state index contributed by atoms with van der Waals surface area (Å²) in [4.78, 5) is 4.91. The minimum Gasteiger partial charge on any atom is -0.495 e. The van der Waals surface area contributed by atoms with Crippen molar-refractivity contribution in [1.29, 1.82) is 5.26 Å². The second-order valence-electron chi connectivity index (χ2n) is 3.09. The van der Waals surface area contributed by atoms with Gasteiger partial charge in [0, 0.05) is 6.20 Å². The van der Waals surface area contributed by atoms with Gasteiger partial charge in [0.2, 0.25) is 0 Å². The number of thiazole rings is 1. The van der Waals surface area contributed by atoms with Gasteiger partial charge in [-0.15, -0.1) is 0 Å². The molecular formula is C11H9N3OS. The van der Waals surface area contributed by atoms with Crippen molar-refractivity contribution in [3.05, 3.63) is 30.0 Å². The van der Waals surface area contributed by atoms with Gasteiger partial charge in [-0.25, -0.2) is 4.98 Å². The Morgan fingerprint density at radius 2 is 2.31 bits per heavy atom. The minimum absolute atomic E-state index is 0.506. The van der Waals surface area contributed by atoms with Crippen molar-refractivity contribution in [3.8, 4) is 22.3 Å². The Morgan fingerprint density at radius 3 is 2.88 bits per heavy atom. The Labute approximate surface area is 96.9 Å². The molecule has 0 amide bonds. The van der Waals surface area contributed by atoms with Gasteiger partial charge in [-0.2, -0.15) is 5.26 Å². The Kier molecular flexibility index (Phi) is 2.75. The summed E-state index contributed by atoms with van der Waals surface area (Å²) in [5, 5.41) is 9.48. The van der Waals surface area contributed by atoms with E-state index in [-0.39, 0.29) is 0 Å². The average molecular weight is 231 g/mol. The van der Waals surface area contributed by atoms with Crippen LogP contribution in [0.4, 0.5) is 5.13 Å². The SMILES string of the molecule is COc1ccc(-c2cnc(N)s2)cc1C#N. The van der Waals surface area contributed by atoms with Crippen molar-refractivity contribution in [2.24, 2.45) is 0 Å². The summed E-state index contributed by atoms with van der Waals surface area (Å²) >= 11 is 1.39. The van der Waals surface area contributed by atoms with Crippen LogP contribution in [-0.2, 0) is 0 Å². The van der Waals surface area contributed by atoms with E-state index >= 15 is 0 Å². The van der Waals surface area contributed by atoms with Gasteiger partial charge in [0.25, 0.3) is 0 Å². The Balaban J connectivity index is 2.48. The molecule has 0 bridgehead atoms. The van der Waals surface area contributed by atoms with Crippen LogP contribution in [-0.4, -0.2) is 12.1 Å². The van der Waals surface area contributed by atoms with Gasteiger partial charge >= 0.3 is 0 Å². The molecule has 1 aromatic carbocycles. The zero-order valence-electron chi connectivity index (χ0n) is 8.60. The number of rotatable bonds is 2. The molecule has 0 fully saturated rings.